The van der Waals surface area contributed by atoms with Gasteiger partial charge in [-0.1, -0.05) is 0 Å². The normalized spacial score (nSPS) is 15.1. The monoisotopic (exact) mass is 556 g/mol. The first kappa shape index (κ1) is 31.3. The molecule has 2 heterocycles. The predicted octanol–water partition coefficient (Wildman–Crippen LogP) is 0.425. The maximum absolute atomic E-state index is 11.7. The molecule has 0 atom stereocenters. The van der Waals surface area contributed by atoms with E-state index in [2.05, 4.69) is 0 Å². The first-order valence-corrected chi connectivity index (χ1v) is 12.7. The molecule has 4 amide bonds. The highest BCUT2D eigenvalue weighted by Gasteiger charge is 2.33. The number of hydrogen-bond donors (Lipinski definition) is 0. The van der Waals surface area contributed by atoms with Crippen molar-refractivity contribution in [2.45, 2.75) is 77.0 Å². The third kappa shape index (κ3) is 12.0. The molecule has 216 valence electrons. The molecule has 2 rings (SSSR count). The molecule has 0 radical (unpaired) electrons. The second-order valence-corrected chi connectivity index (χ2v) is 8.56. The van der Waals surface area contributed by atoms with Gasteiger partial charge in [-0.15, -0.1) is 10.1 Å². The molecule has 0 aromatic carbocycles. The van der Waals surface area contributed by atoms with Crippen LogP contribution in [-0.4, -0.2) is 84.1 Å². The largest absolute Gasteiger partial charge is 0.463 e. The maximum Gasteiger partial charge on any atom is 0.333 e. The van der Waals surface area contributed by atoms with Gasteiger partial charge in [0.05, 0.1) is 13.2 Å². The molecule has 39 heavy (non-hydrogen) atoms. The summed E-state index contributed by atoms with van der Waals surface area (Å²) in [6, 6.07) is 0. The Balaban J connectivity index is 1.36. The van der Waals surface area contributed by atoms with Crippen molar-refractivity contribution in [1.82, 2.24) is 10.1 Å². The van der Waals surface area contributed by atoms with Crippen LogP contribution in [0.4, 0.5) is 0 Å². The average molecular weight is 557 g/mol. The van der Waals surface area contributed by atoms with Gasteiger partial charge in [0.1, 0.15) is 13.2 Å². The highest BCUT2D eigenvalue weighted by molar-refractivity contribution is 6.02. The van der Waals surface area contributed by atoms with Crippen LogP contribution < -0.4 is 0 Å². The molecular weight excluding hydrogens is 524 g/mol. The van der Waals surface area contributed by atoms with Crippen LogP contribution in [0.25, 0.3) is 0 Å². The van der Waals surface area contributed by atoms with Crippen molar-refractivity contribution in [3.8, 4) is 0 Å². The molecule has 0 saturated carbocycles. The molecule has 0 aromatic heterocycles. The van der Waals surface area contributed by atoms with E-state index in [0.29, 0.717) is 35.8 Å². The summed E-state index contributed by atoms with van der Waals surface area (Å²) in [5.74, 6) is -4.62. The van der Waals surface area contributed by atoms with Crippen molar-refractivity contribution < 1.29 is 62.2 Å². The highest BCUT2D eigenvalue weighted by atomic mass is 16.7. The van der Waals surface area contributed by atoms with Gasteiger partial charge in [0.2, 0.25) is 0 Å². The minimum absolute atomic E-state index is 0.00126. The fourth-order valence-electron chi connectivity index (χ4n) is 3.36. The zero-order chi connectivity index (χ0) is 28.6. The zero-order valence-electron chi connectivity index (χ0n) is 21.5. The second kappa shape index (κ2) is 16.9. The maximum atomic E-state index is 11.7. The second-order valence-electron chi connectivity index (χ2n) is 8.56. The van der Waals surface area contributed by atoms with E-state index >= 15 is 0 Å². The Morgan fingerprint density at radius 3 is 1.13 bits per heavy atom. The van der Waals surface area contributed by atoms with Crippen molar-refractivity contribution in [3.05, 3.63) is 0 Å². The molecule has 0 bridgehead atoms. The average Bonchev–Trinajstić information content (AvgIpc) is 3.38. The Bertz CT molecular complexity index is 842. The van der Waals surface area contributed by atoms with E-state index in [1.807, 2.05) is 0 Å². The number of nitrogens with zero attached hydrogens (tertiary/aromatic N) is 2. The van der Waals surface area contributed by atoms with Crippen LogP contribution in [0.2, 0.25) is 0 Å². The molecule has 15 nitrogen and oxygen atoms in total. The van der Waals surface area contributed by atoms with E-state index in [4.69, 9.17) is 23.9 Å². The van der Waals surface area contributed by atoms with E-state index in [0.717, 1.165) is 0 Å². The van der Waals surface area contributed by atoms with Crippen LogP contribution in [0.3, 0.4) is 0 Å². The van der Waals surface area contributed by atoms with Gasteiger partial charge in [0, 0.05) is 51.4 Å². The standard InChI is InChI=1S/C24H32N2O13/c27-17-9-10-18(28)25(17)38-23(33)7-3-1-5-21(31)36-15-13-35-14-16-37-22(32)6-2-4-8-24(34)39-26-19(29)11-12-20(26)30/h1-16H2. The number of carbonyl (C=O) groups is 8. The fraction of sp³-hybridized carbons (Fsp3) is 0.667. The quantitative estimate of drug-likeness (QED) is 0.128. The molecule has 15 heteroatoms. The van der Waals surface area contributed by atoms with Crippen LogP contribution in [-0.2, 0) is 62.2 Å². The Morgan fingerprint density at radius 2 is 0.795 bits per heavy atom. The number of carbonyl (C=O) groups excluding carboxylic acids is 8. The number of rotatable bonds is 18. The van der Waals surface area contributed by atoms with Gasteiger partial charge in [0.15, 0.2) is 0 Å². The van der Waals surface area contributed by atoms with E-state index < -0.39 is 47.5 Å². The molecule has 2 saturated heterocycles. The number of amides is 4. The molecule has 2 aliphatic heterocycles. The van der Waals surface area contributed by atoms with Crippen molar-refractivity contribution in [1.29, 1.82) is 0 Å². The van der Waals surface area contributed by atoms with E-state index in [1.165, 1.54) is 0 Å². The van der Waals surface area contributed by atoms with Crippen molar-refractivity contribution >= 4 is 47.5 Å². The molecule has 0 unspecified atom stereocenters. The van der Waals surface area contributed by atoms with Gasteiger partial charge >= 0.3 is 23.9 Å². The lowest BCUT2D eigenvalue weighted by atomic mass is 10.2. The van der Waals surface area contributed by atoms with E-state index in [-0.39, 0.29) is 77.8 Å². The van der Waals surface area contributed by atoms with Gasteiger partial charge in [-0.25, -0.2) is 9.59 Å². The molecule has 0 aliphatic carbocycles. The van der Waals surface area contributed by atoms with Crippen LogP contribution in [0.5, 0.6) is 0 Å². The lowest BCUT2D eigenvalue weighted by molar-refractivity contribution is -0.197. The molecule has 0 aromatic rings. The number of hydrogen-bond acceptors (Lipinski definition) is 13. The van der Waals surface area contributed by atoms with Crippen molar-refractivity contribution in [3.63, 3.8) is 0 Å². The van der Waals surface area contributed by atoms with Crippen molar-refractivity contribution in [2.24, 2.45) is 0 Å². The Morgan fingerprint density at radius 1 is 0.487 bits per heavy atom. The Labute approximate surface area is 223 Å². The fourth-order valence-corrected chi connectivity index (χ4v) is 3.36. The third-order valence-electron chi connectivity index (χ3n) is 5.40. The zero-order valence-corrected chi connectivity index (χ0v) is 21.5. The first-order chi connectivity index (χ1) is 18.7. The topological polar surface area (TPSA) is 189 Å². The first-order valence-electron chi connectivity index (χ1n) is 12.7. The van der Waals surface area contributed by atoms with E-state index in [9.17, 15) is 38.4 Å². The number of esters is 2. The summed E-state index contributed by atoms with van der Waals surface area (Å²) >= 11 is 0. The summed E-state index contributed by atoms with van der Waals surface area (Å²) in [4.78, 5) is 102. The summed E-state index contributed by atoms with van der Waals surface area (Å²) in [5.41, 5.74) is 0. The van der Waals surface area contributed by atoms with Gasteiger partial charge in [-0.05, 0) is 25.7 Å². The summed E-state index contributed by atoms with van der Waals surface area (Å²) < 4.78 is 15.2. The number of ether oxygens (including phenoxy) is 3. The smallest absolute Gasteiger partial charge is 0.333 e. The summed E-state index contributed by atoms with van der Waals surface area (Å²) in [7, 11) is 0. The third-order valence-corrected chi connectivity index (χ3v) is 5.40. The van der Waals surface area contributed by atoms with Gasteiger partial charge < -0.3 is 23.9 Å². The summed E-state index contributed by atoms with van der Waals surface area (Å²) in [5, 5.41) is 0.956. The predicted molar refractivity (Wildman–Crippen MR) is 124 cm³/mol. The minimum atomic E-state index is -0.726. The van der Waals surface area contributed by atoms with Gasteiger partial charge in [-0.2, -0.15) is 0 Å². The molecular formula is C24H32N2O13. The van der Waals surface area contributed by atoms with Crippen LogP contribution >= 0.6 is 0 Å². The van der Waals surface area contributed by atoms with Gasteiger partial charge in [0.25, 0.3) is 23.6 Å². The lowest BCUT2D eigenvalue weighted by Gasteiger charge is -2.12. The molecule has 2 fully saturated rings. The van der Waals surface area contributed by atoms with E-state index in [1.54, 1.807) is 0 Å². The highest BCUT2D eigenvalue weighted by Crippen LogP contribution is 2.14. The molecule has 2 aliphatic rings. The van der Waals surface area contributed by atoms with Crippen LogP contribution in [0, 0.1) is 0 Å². The molecule has 0 N–H and O–H groups in total. The number of imide groups is 2. The van der Waals surface area contributed by atoms with Gasteiger partial charge in [-0.3, -0.25) is 28.8 Å². The Hall–Kier alpha value is -3.88. The number of hydroxylamine groups is 4. The minimum Gasteiger partial charge on any atom is -0.463 e. The van der Waals surface area contributed by atoms with Crippen molar-refractivity contribution in [2.75, 3.05) is 26.4 Å². The van der Waals surface area contributed by atoms with Crippen LogP contribution in [0.1, 0.15) is 77.0 Å². The number of unbranched alkanes of at least 4 members (excludes halogenated alkanes) is 2. The summed E-state index contributed by atoms with van der Waals surface area (Å²) in [6.45, 7) is 0.187. The SMILES string of the molecule is O=C(CCCCC(=O)ON1C(=O)CCC1=O)OCCOCCOC(=O)CCCCC(=O)ON1C(=O)CCC1=O. The lowest BCUT2D eigenvalue weighted by Crippen LogP contribution is -2.31. The van der Waals surface area contributed by atoms with Crippen LogP contribution in [0.15, 0.2) is 0 Å². The Kier molecular flexibility index (Phi) is 13.5. The molecule has 0 spiro atoms. The summed E-state index contributed by atoms with van der Waals surface area (Å²) in [6.07, 6.45) is 1.44.